The third-order valence-corrected chi connectivity index (χ3v) is 7.93. The maximum atomic E-state index is 12.3. The largest absolute Gasteiger partial charge is 0.395 e. The average Bonchev–Trinajstić information content (AvgIpc) is 3.50. The van der Waals surface area contributed by atoms with Crippen molar-refractivity contribution in [3.63, 3.8) is 0 Å². The summed E-state index contributed by atoms with van der Waals surface area (Å²) in [6.45, 7) is -0.313. The van der Waals surface area contributed by atoms with E-state index in [1.54, 1.807) is 18.3 Å². The summed E-state index contributed by atoms with van der Waals surface area (Å²) in [5.41, 5.74) is 3.83. The van der Waals surface area contributed by atoms with Crippen LogP contribution in [0.1, 0.15) is 5.56 Å². The number of rotatable bonds is 7. The highest BCUT2D eigenvalue weighted by molar-refractivity contribution is 7.89. The monoisotopic (exact) mass is 489 g/mol. The zero-order chi connectivity index (χ0) is 23.7. The fourth-order valence-corrected chi connectivity index (χ4v) is 5.72. The molecule has 0 aliphatic heterocycles. The number of sulfonamides is 1. The molecule has 34 heavy (non-hydrogen) atoms. The molecule has 0 amide bonds. The van der Waals surface area contributed by atoms with E-state index in [0.29, 0.717) is 11.3 Å². The number of nitriles is 1. The van der Waals surface area contributed by atoms with Gasteiger partial charge in [-0.3, -0.25) is 0 Å². The minimum atomic E-state index is -3.68. The van der Waals surface area contributed by atoms with Crippen LogP contribution in [0.15, 0.2) is 71.9 Å². The van der Waals surface area contributed by atoms with Crippen molar-refractivity contribution in [3.05, 3.63) is 72.6 Å². The van der Waals surface area contributed by atoms with E-state index in [2.05, 4.69) is 26.1 Å². The number of aromatic amines is 1. The molecule has 4 N–H and O–H groups in total. The van der Waals surface area contributed by atoms with Crippen LogP contribution in [0, 0.1) is 11.3 Å². The second-order valence-corrected chi connectivity index (χ2v) is 10.3. The fraction of sp³-hybridized carbons (Fsp3) is 0.0833. The number of pyridine rings is 1. The van der Waals surface area contributed by atoms with Gasteiger partial charge >= 0.3 is 0 Å². The number of aliphatic hydroxyl groups is 1. The van der Waals surface area contributed by atoms with E-state index in [-0.39, 0.29) is 18.0 Å². The van der Waals surface area contributed by atoms with Crippen molar-refractivity contribution in [1.29, 1.82) is 5.26 Å². The summed E-state index contributed by atoms with van der Waals surface area (Å²) >= 11 is 1.46. The molecule has 8 nitrogen and oxygen atoms in total. The van der Waals surface area contributed by atoms with E-state index in [1.165, 1.54) is 23.5 Å². The third-order valence-electron chi connectivity index (χ3n) is 5.36. The first-order valence-electron chi connectivity index (χ1n) is 10.4. The Kier molecular flexibility index (Phi) is 5.77. The molecule has 0 bridgehead atoms. The molecule has 0 radical (unpaired) electrons. The smallest absolute Gasteiger partial charge is 0.240 e. The lowest BCUT2D eigenvalue weighted by atomic mass is 10.1. The Balaban J connectivity index is 1.51. The van der Waals surface area contributed by atoms with E-state index in [0.717, 1.165) is 37.2 Å². The zero-order valence-corrected chi connectivity index (χ0v) is 19.4. The van der Waals surface area contributed by atoms with Gasteiger partial charge < -0.3 is 15.4 Å². The van der Waals surface area contributed by atoms with Crippen molar-refractivity contribution in [3.8, 4) is 16.5 Å². The van der Waals surface area contributed by atoms with Crippen LogP contribution in [-0.4, -0.2) is 36.6 Å². The number of aliphatic hydroxyl groups excluding tert-OH is 1. The van der Waals surface area contributed by atoms with Crippen LogP contribution in [0.2, 0.25) is 0 Å². The molecule has 0 unspecified atom stereocenters. The molecule has 0 aliphatic rings. The summed E-state index contributed by atoms with van der Waals surface area (Å²) in [7, 11) is -3.68. The zero-order valence-electron chi connectivity index (χ0n) is 17.7. The van der Waals surface area contributed by atoms with Gasteiger partial charge in [0.2, 0.25) is 10.0 Å². The van der Waals surface area contributed by atoms with Gasteiger partial charge in [-0.05, 0) is 48.0 Å². The highest BCUT2D eigenvalue weighted by Crippen LogP contribution is 2.38. The molecule has 5 rings (SSSR count). The van der Waals surface area contributed by atoms with Gasteiger partial charge in [0.25, 0.3) is 0 Å². The normalized spacial score (nSPS) is 11.6. The van der Waals surface area contributed by atoms with Crippen molar-refractivity contribution in [1.82, 2.24) is 14.7 Å². The van der Waals surface area contributed by atoms with Crippen molar-refractivity contribution in [2.24, 2.45) is 0 Å². The number of nitrogens with zero attached hydrogens (tertiary/aromatic N) is 2. The van der Waals surface area contributed by atoms with Gasteiger partial charge in [-0.1, -0.05) is 12.1 Å². The van der Waals surface area contributed by atoms with Crippen molar-refractivity contribution < 1.29 is 13.5 Å². The predicted molar refractivity (Wildman–Crippen MR) is 134 cm³/mol. The fourth-order valence-electron chi connectivity index (χ4n) is 3.69. The summed E-state index contributed by atoms with van der Waals surface area (Å²) in [6.07, 6.45) is 3.44. The lowest BCUT2D eigenvalue weighted by Crippen LogP contribution is -2.26. The van der Waals surface area contributed by atoms with Crippen LogP contribution in [0.4, 0.5) is 11.4 Å². The molecule has 0 saturated carbocycles. The van der Waals surface area contributed by atoms with Crippen LogP contribution in [0.3, 0.4) is 0 Å². The Labute approximate surface area is 199 Å². The maximum Gasteiger partial charge on any atom is 0.240 e. The molecule has 0 saturated heterocycles. The second-order valence-electron chi connectivity index (χ2n) is 7.54. The van der Waals surface area contributed by atoms with Crippen LogP contribution in [0.25, 0.3) is 31.6 Å². The molecule has 5 aromatic rings. The second kappa shape index (κ2) is 8.89. The molecular weight excluding hydrogens is 470 g/mol. The Morgan fingerprint density at radius 2 is 1.94 bits per heavy atom. The number of benzene rings is 2. The molecule has 0 spiro atoms. The number of anilines is 2. The lowest BCUT2D eigenvalue weighted by Gasteiger charge is -2.09. The SMILES string of the molecule is N#Cc1cnc2sc(-c3ccc(S(=O)(=O)NCCO)cc3)cc2c1Nc1ccc2[nH]ccc2c1. The lowest BCUT2D eigenvalue weighted by molar-refractivity contribution is 0.301. The standard InChI is InChI=1S/C24H19N5O3S2/c25-13-17-14-27-24-20(23(17)29-18-3-6-21-16(11-18)7-8-26-21)12-22(33-24)15-1-4-19(5-2-15)34(31,32)28-9-10-30/h1-8,11-12,14,26,28,30H,9-10H2,(H,27,29). The predicted octanol–water partition coefficient (Wildman–Crippen LogP) is 4.33. The van der Waals surface area contributed by atoms with Crippen LogP contribution < -0.4 is 10.0 Å². The Hall–Kier alpha value is -3.75. The summed E-state index contributed by atoms with van der Waals surface area (Å²) in [5, 5.41) is 23.8. The highest BCUT2D eigenvalue weighted by Gasteiger charge is 2.16. The number of fused-ring (bicyclic) bond motifs is 2. The van der Waals surface area contributed by atoms with E-state index in [4.69, 9.17) is 5.11 Å². The number of thiophene rings is 1. The first-order valence-corrected chi connectivity index (χ1v) is 12.7. The van der Waals surface area contributed by atoms with E-state index in [1.807, 2.05) is 36.5 Å². The summed E-state index contributed by atoms with van der Waals surface area (Å²) in [4.78, 5) is 9.41. The first kappa shape index (κ1) is 22.1. The molecular formula is C24H19N5O3S2. The van der Waals surface area contributed by atoms with Gasteiger partial charge in [-0.15, -0.1) is 11.3 Å². The van der Waals surface area contributed by atoms with Crippen LogP contribution in [-0.2, 0) is 10.0 Å². The molecule has 170 valence electrons. The minimum absolute atomic E-state index is 0.0416. The number of aromatic nitrogens is 2. The molecule has 2 aromatic carbocycles. The van der Waals surface area contributed by atoms with E-state index >= 15 is 0 Å². The van der Waals surface area contributed by atoms with Crippen LogP contribution >= 0.6 is 11.3 Å². The van der Waals surface area contributed by atoms with Crippen molar-refractivity contribution in [2.45, 2.75) is 4.90 Å². The average molecular weight is 490 g/mol. The van der Waals surface area contributed by atoms with E-state index < -0.39 is 10.0 Å². The van der Waals surface area contributed by atoms with Gasteiger partial charge in [0.1, 0.15) is 10.9 Å². The molecule has 0 atom stereocenters. The summed E-state index contributed by atoms with van der Waals surface area (Å²) < 4.78 is 26.9. The first-order chi connectivity index (χ1) is 16.5. The van der Waals surface area contributed by atoms with Gasteiger partial charge in [-0.2, -0.15) is 5.26 Å². The number of nitrogens with one attached hydrogen (secondary N) is 3. The summed E-state index contributed by atoms with van der Waals surface area (Å²) in [5.74, 6) is 0. The topological polar surface area (TPSA) is 131 Å². The molecule has 10 heteroatoms. The van der Waals surface area contributed by atoms with Gasteiger partial charge in [0.15, 0.2) is 0 Å². The Morgan fingerprint density at radius 1 is 1.12 bits per heavy atom. The van der Waals surface area contributed by atoms with Crippen molar-refractivity contribution in [2.75, 3.05) is 18.5 Å². The number of hydrogen-bond donors (Lipinski definition) is 4. The summed E-state index contributed by atoms with van der Waals surface area (Å²) in [6, 6.07) is 18.6. The van der Waals surface area contributed by atoms with Crippen LogP contribution in [0.5, 0.6) is 0 Å². The number of hydrogen-bond acceptors (Lipinski definition) is 7. The number of H-pyrrole nitrogens is 1. The minimum Gasteiger partial charge on any atom is -0.395 e. The quantitative estimate of drug-likeness (QED) is 0.269. The highest BCUT2D eigenvalue weighted by atomic mass is 32.2. The van der Waals surface area contributed by atoms with Crippen molar-refractivity contribution >= 4 is 53.9 Å². The molecule has 0 fully saturated rings. The van der Waals surface area contributed by atoms with Gasteiger partial charge in [-0.25, -0.2) is 18.1 Å². The Morgan fingerprint density at radius 3 is 2.71 bits per heavy atom. The third kappa shape index (κ3) is 4.13. The maximum absolute atomic E-state index is 12.3. The molecule has 0 aliphatic carbocycles. The molecule has 3 heterocycles. The van der Waals surface area contributed by atoms with Gasteiger partial charge in [0, 0.05) is 45.8 Å². The molecule has 3 aromatic heterocycles. The van der Waals surface area contributed by atoms with Gasteiger partial charge in [0.05, 0.1) is 22.8 Å². The Bertz CT molecular complexity index is 1650. The van der Waals surface area contributed by atoms with E-state index in [9.17, 15) is 13.7 Å².